The lowest BCUT2D eigenvalue weighted by Gasteiger charge is -2.49. The van der Waals surface area contributed by atoms with Crippen LogP contribution in [0.3, 0.4) is 0 Å². The minimum Gasteiger partial charge on any atom is -0.493 e. The van der Waals surface area contributed by atoms with E-state index in [2.05, 4.69) is 17.0 Å². The van der Waals surface area contributed by atoms with Gasteiger partial charge in [0.1, 0.15) is 5.75 Å². The zero-order chi connectivity index (χ0) is 20.9. The average molecular weight is 446 g/mol. The molecule has 2 fully saturated rings. The predicted molar refractivity (Wildman–Crippen MR) is 118 cm³/mol. The standard InChI is InChI=1S/C24H25Cl2NO3/c25-20-2-1-3-21(26)19(20)6-9-30-18-5-4-16-11-23(12-17(16)10-18)13-27(14-23)15-24(7-8-24)22(28)29/h1-5,10H,6-9,11-15H2,(H,28,29). The van der Waals surface area contributed by atoms with E-state index in [0.29, 0.717) is 29.6 Å². The number of halogens is 2. The van der Waals surface area contributed by atoms with Crippen molar-refractivity contribution in [2.45, 2.75) is 32.1 Å². The van der Waals surface area contributed by atoms with Crippen LogP contribution in [0, 0.1) is 10.8 Å². The number of carbonyl (C=O) groups is 1. The number of nitrogens with zero attached hydrogens (tertiary/aromatic N) is 1. The lowest BCUT2D eigenvalue weighted by atomic mass is 9.76. The minimum absolute atomic E-state index is 0.278. The molecule has 0 aromatic heterocycles. The Balaban J connectivity index is 1.16. The third-order valence-corrected chi connectivity index (χ3v) is 7.65. The Morgan fingerprint density at radius 3 is 2.43 bits per heavy atom. The molecule has 1 saturated carbocycles. The van der Waals surface area contributed by atoms with E-state index >= 15 is 0 Å². The SMILES string of the molecule is O=C(O)C1(CN2CC3(Cc4ccc(OCCc5c(Cl)cccc5Cl)cc4C3)C2)CC1. The maximum atomic E-state index is 11.4. The summed E-state index contributed by atoms with van der Waals surface area (Å²) in [4.78, 5) is 13.8. The van der Waals surface area contributed by atoms with Crippen molar-refractivity contribution >= 4 is 29.2 Å². The molecule has 0 unspecified atom stereocenters. The second kappa shape index (κ2) is 7.44. The molecular formula is C24H25Cl2NO3. The van der Waals surface area contributed by atoms with Gasteiger partial charge in [-0.15, -0.1) is 0 Å². The van der Waals surface area contributed by atoms with Gasteiger partial charge in [0, 0.05) is 41.5 Å². The van der Waals surface area contributed by atoms with Crippen molar-refractivity contribution in [1.82, 2.24) is 4.90 Å². The van der Waals surface area contributed by atoms with Gasteiger partial charge < -0.3 is 14.7 Å². The van der Waals surface area contributed by atoms with Crippen molar-refractivity contribution < 1.29 is 14.6 Å². The second-order valence-electron chi connectivity index (χ2n) is 9.31. The summed E-state index contributed by atoms with van der Waals surface area (Å²) in [5.74, 6) is 0.256. The van der Waals surface area contributed by atoms with Gasteiger partial charge in [0.05, 0.1) is 12.0 Å². The molecule has 158 valence electrons. The molecule has 1 N–H and O–H groups in total. The van der Waals surface area contributed by atoms with Crippen LogP contribution in [-0.4, -0.2) is 42.2 Å². The number of carboxylic acid groups (broad SMARTS) is 1. The Labute approximate surface area is 186 Å². The van der Waals surface area contributed by atoms with Gasteiger partial charge in [0.2, 0.25) is 0 Å². The highest BCUT2D eigenvalue weighted by molar-refractivity contribution is 6.35. The Kier molecular flexibility index (Phi) is 5.00. The molecule has 6 heteroatoms. The third kappa shape index (κ3) is 3.70. The van der Waals surface area contributed by atoms with Crippen LogP contribution in [0.25, 0.3) is 0 Å². The van der Waals surface area contributed by atoms with Crippen LogP contribution in [0.2, 0.25) is 10.0 Å². The summed E-state index contributed by atoms with van der Waals surface area (Å²) in [6.07, 6.45) is 4.44. The zero-order valence-corrected chi connectivity index (χ0v) is 18.3. The van der Waals surface area contributed by atoms with Crippen molar-refractivity contribution in [1.29, 1.82) is 0 Å². The van der Waals surface area contributed by atoms with Crippen molar-refractivity contribution in [2.75, 3.05) is 26.2 Å². The first-order valence-electron chi connectivity index (χ1n) is 10.5. The first-order chi connectivity index (χ1) is 14.4. The molecule has 0 amide bonds. The fourth-order valence-corrected chi connectivity index (χ4v) is 5.78. The van der Waals surface area contributed by atoms with Crippen LogP contribution in [0.1, 0.15) is 29.5 Å². The van der Waals surface area contributed by atoms with E-state index in [1.165, 1.54) is 11.1 Å². The van der Waals surface area contributed by atoms with Crippen molar-refractivity contribution in [2.24, 2.45) is 10.8 Å². The van der Waals surface area contributed by atoms with Crippen molar-refractivity contribution in [3.05, 3.63) is 63.1 Å². The quantitative estimate of drug-likeness (QED) is 0.659. The minimum atomic E-state index is -0.627. The van der Waals surface area contributed by atoms with Gasteiger partial charge in [-0.3, -0.25) is 4.79 Å². The molecule has 0 radical (unpaired) electrons. The topological polar surface area (TPSA) is 49.8 Å². The molecule has 0 atom stereocenters. The number of benzene rings is 2. The lowest BCUT2D eigenvalue weighted by molar-refractivity contribution is -0.145. The van der Waals surface area contributed by atoms with E-state index in [1.54, 1.807) is 0 Å². The number of hydrogen-bond donors (Lipinski definition) is 1. The van der Waals surface area contributed by atoms with Crippen molar-refractivity contribution in [3.8, 4) is 5.75 Å². The van der Waals surface area contributed by atoms with Gasteiger partial charge >= 0.3 is 5.97 Å². The molecule has 0 bridgehead atoms. The molecule has 30 heavy (non-hydrogen) atoms. The summed E-state index contributed by atoms with van der Waals surface area (Å²) in [7, 11) is 0. The fraction of sp³-hybridized carbons (Fsp3) is 0.458. The van der Waals surface area contributed by atoms with Gasteiger partial charge in [-0.1, -0.05) is 35.3 Å². The largest absolute Gasteiger partial charge is 0.493 e. The normalized spacial score (nSPS) is 20.6. The second-order valence-corrected chi connectivity index (χ2v) is 10.1. The lowest BCUT2D eigenvalue weighted by Crippen LogP contribution is -2.58. The van der Waals surface area contributed by atoms with Gasteiger partial charge in [-0.2, -0.15) is 0 Å². The number of ether oxygens (including phenoxy) is 1. The monoisotopic (exact) mass is 445 g/mol. The molecule has 5 rings (SSSR count). The van der Waals surface area contributed by atoms with E-state index in [4.69, 9.17) is 27.9 Å². The number of carboxylic acids is 1. The van der Waals surface area contributed by atoms with Crippen LogP contribution in [0.4, 0.5) is 0 Å². The van der Waals surface area contributed by atoms with E-state index in [1.807, 2.05) is 24.3 Å². The van der Waals surface area contributed by atoms with E-state index in [9.17, 15) is 9.90 Å². The summed E-state index contributed by atoms with van der Waals surface area (Å²) < 4.78 is 5.99. The van der Waals surface area contributed by atoms with Crippen LogP contribution >= 0.6 is 23.2 Å². The van der Waals surface area contributed by atoms with Gasteiger partial charge in [0.15, 0.2) is 0 Å². The summed E-state index contributed by atoms with van der Waals surface area (Å²) in [6.45, 7) is 3.23. The number of aliphatic carboxylic acids is 1. The maximum absolute atomic E-state index is 11.4. The van der Waals surface area contributed by atoms with Crippen LogP contribution in [0.5, 0.6) is 5.75 Å². The summed E-state index contributed by atoms with van der Waals surface area (Å²) in [5, 5.41) is 10.8. The van der Waals surface area contributed by atoms with Crippen LogP contribution in [0.15, 0.2) is 36.4 Å². The number of rotatable bonds is 7. The molecule has 1 saturated heterocycles. The van der Waals surface area contributed by atoms with Gasteiger partial charge in [-0.05, 0) is 66.6 Å². The Bertz CT molecular complexity index is 976. The van der Waals surface area contributed by atoms with E-state index in [-0.39, 0.29) is 5.41 Å². The van der Waals surface area contributed by atoms with Gasteiger partial charge in [-0.25, -0.2) is 0 Å². The fourth-order valence-electron chi connectivity index (χ4n) is 5.20. The molecule has 1 spiro atoms. The summed E-state index contributed by atoms with van der Waals surface area (Å²) in [6, 6.07) is 11.9. The first-order valence-corrected chi connectivity index (χ1v) is 11.3. The molecule has 3 aliphatic rings. The highest BCUT2D eigenvalue weighted by Gasteiger charge is 2.55. The molecule has 2 aromatic carbocycles. The third-order valence-electron chi connectivity index (χ3n) is 6.94. The highest BCUT2D eigenvalue weighted by atomic mass is 35.5. The Morgan fingerprint density at radius 1 is 1.07 bits per heavy atom. The Morgan fingerprint density at radius 2 is 1.77 bits per heavy atom. The molecular weight excluding hydrogens is 421 g/mol. The van der Waals surface area contributed by atoms with Crippen LogP contribution in [-0.2, 0) is 24.1 Å². The molecule has 4 nitrogen and oxygen atoms in total. The average Bonchev–Trinajstić information content (AvgIpc) is 3.36. The molecule has 2 aliphatic carbocycles. The zero-order valence-electron chi connectivity index (χ0n) is 16.8. The summed E-state index contributed by atoms with van der Waals surface area (Å²) >= 11 is 12.5. The first kappa shape index (κ1) is 20.2. The summed E-state index contributed by atoms with van der Waals surface area (Å²) in [5.41, 5.74) is 3.50. The number of fused-ring (bicyclic) bond motifs is 1. The maximum Gasteiger partial charge on any atom is 0.310 e. The van der Waals surface area contributed by atoms with Gasteiger partial charge in [0.25, 0.3) is 0 Å². The van der Waals surface area contributed by atoms with E-state index < -0.39 is 11.4 Å². The Hall–Kier alpha value is -1.75. The molecule has 1 aliphatic heterocycles. The molecule has 1 heterocycles. The smallest absolute Gasteiger partial charge is 0.310 e. The molecule has 2 aromatic rings. The van der Waals surface area contributed by atoms with Crippen LogP contribution < -0.4 is 4.74 Å². The van der Waals surface area contributed by atoms with Crippen molar-refractivity contribution in [3.63, 3.8) is 0 Å². The number of likely N-dealkylation sites (tertiary alicyclic amines) is 1. The van der Waals surface area contributed by atoms with E-state index in [0.717, 1.165) is 50.1 Å². The predicted octanol–water partition coefficient (Wildman–Crippen LogP) is 4.88. The number of hydrogen-bond acceptors (Lipinski definition) is 3. The highest BCUT2D eigenvalue weighted by Crippen LogP contribution is 2.51.